The molecule has 0 saturated carbocycles. The number of nitrogens with one attached hydrogen (secondary N) is 1. The van der Waals surface area contributed by atoms with Crippen LogP contribution in [0.1, 0.15) is 0 Å². The molecule has 1 N–H and O–H groups in total. The SMILES string of the molecule is Fc1ccccc1-n1c(-c2ccc(Cl)cc2)n[nH]c1=S. The second-order valence-corrected chi connectivity index (χ2v) is 4.97. The first-order valence-corrected chi connectivity index (χ1v) is 6.64. The minimum Gasteiger partial charge on any atom is -0.265 e. The number of hydrogen-bond acceptors (Lipinski definition) is 2. The van der Waals surface area contributed by atoms with E-state index in [1.54, 1.807) is 34.9 Å². The molecule has 0 aliphatic heterocycles. The van der Waals surface area contributed by atoms with Gasteiger partial charge in [-0.1, -0.05) is 23.7 Å². The Morgan fingerprint density at radius 1 is 1.10 bits per heavy atom. The van der Waals surface area contributed by atoms with Crippen molar-refractivity contribution in [1.29, 1.82) is 0 Å². The molecule has 6 heteroatoms. The van der Waals surface area contributed by atoms with E-state index < -0.39 is 0 Å². The molecule has 0 bridgehead atoms. The van der Waals surface area contributed by atoms with Crippen LogP contribution in [0.15, 0.2) is 48.5 Å². The number of benzene rings is 2. The highest BCUT2D eigenvalue weighted by molar-refractivity contribution is 7.71. The zero-order chi connectivity index (χ0) is 14.1. The molecule has 0 spiro atoms. The summed E-state index contributed by atoms with van der Waals surface area (Å²) in [5.74, 6) is 0.178. The number of rotatable bonds is 2. The number of para-hydroxylation sites is 1. The number of aromatic nitrogens is 3. The summed E-state index contributed by atoms with van der Waals surface area (Å²) in [6.45, 7) is 0. The molecule has 20 heavy (non-hydrogen) atoms. The molecule has 0 aliphatic carbocycles. The Hall–Kier alpha value is -1.98. The number of aromatic amines is 1. The molecule has 100 valence electrons. The summed E-state index contributed by atoms with van der Waals surface area (Å²) in [6, 6.07) is 13.5. The number of H-pyrrole nitrogens is 1. The number of halogens is 2. The smallest absolute Gasteiger partial charge is 0.200 e. The monoisotopic (exact) mass is 305 g/mol. The van der Waals surface area contributed by atoms with Crippen molar-refractivity contribution in [3.8, 4) is 17.1 Å². The van der Waals surface area contributed by atoms with Gasteiger partial charge in [-0.2, -0.15) is 5.10 Å². The molecule has 1 heterocycles. The van der Waals surface area contributed by atoms with Crippen LogP contribution in [-0.4, -0.2) is 14.8 Å². The molecule has 0 atom stereocenters. The maximum atomic E-state index is 14.0. The molecule has 3 rings (SSSR count). The quantitative estimate of drug-likeness (QED) is 0.712. The first kappa shape index (κ1) is 13.0. The first-order valence-electron chi connectivity index (χ1n) is 5.85. The standard InChI is InChI=1S/C14H9ClFN3S/c15-10-7-5-9(6-8-10)13-17-18-14(20)19(13)12-4-2-1-3-11(12)16/h1-8H,(H,18,20). The highest BCUT2D eigenvalue weighted by atomic mass is 35.5. The molecule has 0 radical (unpaired) electrons. The fourth-order valence-electron chi connectivity index (χ4n) is 1.95. The lowest BCUT2D eigenvalue weighted by atomic mass is 10.2. The Kier molecular flexibility index (Phi) is 3.38. The third-order valence-corrected chi connectivity index (χ3v) is 3.39. The second-order valence-electron chi connectivity index (χ2n) is 4.15. The number of nitrogens with zero attached hydrogens (tertiary/aromatic N) is 2. The van der Waals surface area contributed by atoms with Crippen LogP contribution in [0.5, 0.6) is 0 Å². The van der Waals surface area contributed by atoms with E-state index >= 15 is 0 Å². The number of hydrogen-bond donors (Lipinski definition) is 1. The fraction of sp³-hybridized carbons (Fsp3) is 0. The van der Waals surface area contributed by atoms with E-state index in [1.807, 2.05) is 12.1 Å². The van der Waals surface area contributed by atoms with E-state index in [1.165, 1.54) is 6.07 Å². The molecule has 1 aromatic heterocycles. The van der Waals surface area contributed by atoms with Crippen molar-refractivity contribution in [2.24, 2.45) is 0 Å². The average Bonchev–Trinajstić information content (AvgIpc) is 2.82. The van der Waals surface area contributed by atoms with Gasteiger partial charge in [0.2, 0.25) is 0 Å². The van der Waals surface area contributed by atoms with Crippen LogP contribution in [0.4, 0.5) is 4.39 Å². The molecular formula is C14H9ClFN3S. The maximum absolute atomic E-state index is 14.0. The molecule has 0 fully saturated rings. The van der Waals surface area contributed by atoms with Gasteiger partial charge in [-0.3, -0.25) is 9.67 Å². The van der Waals surface area contributed by atoms with Gasteiger partial charge in [0.05, 0.1) is 5.69 Å². The summed E-state index contributed by atoms with van der Waals surface area (Å²) in [6.07, 6.45) is 0. The first-order chi connectivity index (χ1) is 9.66. The Bertz CT molecular complexity index is 808. The van der Waals surface area contributed by atoms with E-state index in [4.69, 9.17) is 23.8 Å². The van der Waals surface area contributed by atoms with Gasteiger partial charge in [-0.05, 0) is 48.6 Å². The Morgan fingerprint density at radius 2 is 1.80 bits per heavy atom. The molecular weight excluding hydrogens is 297 g/mol. The molecule has 2 aromatic carbocycles. The van der Waals surface area contributed by atoms with Crippen LogP contribution >= 0.6 is 23.8 Å². The molecule has 3 aromatic rings. The van der Waals surface area contributed by atoms with Crippen LogP contribution < -0.4 is 0 Å². The predicted octanol–water partition coefficient (Wildman–Crippen LogP) is 4.39. The van der Waals surface area contributed by atoms with Gasteiger partial charge in [-0.25, -0.2) is 4.39 Å². The Morgan fingerprint density at radius 3 is 2.50 bits per heavy atom. The maximum Gasteiger partial charge on any atom is 0.200 e. The minimum atomic E-state index is -0.361. The van der Waals surface area contributed by atoms with Crippen LogP contribution in [-0.2, 0) is 0 Å². The lowest BCUT2D eigenvalue weighted by Gasteiger charge is -2.07. The van der Waals surface area contributed by atoms with E-state index in [-0.39, 0.29) is 5.82 Å². The zero-order valence-corrected chi connectivity index (χ0v) is 11.7. The van der Waals surface area contributed by atoms with Gasteiger partial charge in [0, 0.05) is 10.6 Å². The van der Waals surface area contributed by atoms with Crippen molar-refractivity contribution >= 4 is 23.8 Å². The van der Waals surface area contributed by atoms with Gasteiger partial charge < -0.3 is 0 Å². The highest BCUT2D eigenvalue weighted by Crippen LogP contribution is 2.24. The van der Waals surface area contributed by atoms with Gasteiger partial charge in [0.1, 0.15) is 5.82 Å². The summed E-state index contributed by atoms with van der Waals surface area (Å²) in [7, 11) is 0. The Labute approximate surface area is 124 Å². The molecule has 3 nitrogen and oxygen atoms in total. The van der Waals surface area contributed by atoms with Crippen molar-refractivity contribution in [3.05, 3.63) is 64.1 Å². The van der Waals surface area contributed by atoms with Crippen molar-refractivity contribution in [2.45, 2.75) is 0 Å². The van der Waals surface area contributed by atoms with Gasteiger partial charge in [-0.15, -0.1) is 0 Å². The van der Waals surface area contributed by atoms with E-state index in [0.717, 1.165) is 5.56 Å². The second kappa shape index (κ2) is 5.19. The van der Waals surface area contributed by atoms with E-state index in [0.29, 0.717) is 21.3 Å². The van der Waals surface area contributed by atoms with Crippen molar-refractivity contribution in [2.75, 3.05) is 0 Å². The summed E-state index contributed by atoms with van der Waals surface area (Å²) in [5.41, 5.74) is 1.15. The summed E-state index contributed by atoms with van der Waals surface area (Å²) < 4.78 is 15.9. The van der Waals surface area contributed by atoms with Gasteiger partial charge in [0.15, 0.2) is 10.6 Å². The minimum absolute atomic E-state index is 0.333. The van der Waals surface area contributed by atoms with Crippen molar-refractivity contribution < 1.29 is 4.39 Å². The normalized spacial score (nSPS) is 10.7. The van der Waals surface area contributed by atoms with E-state index in [9.17, 15) is 4.39 Å². The van der Waals surface area contributed by atoms with Crippen LogP contribution in [0.3, 0.4) is 0 Å². The fourth-order valence-corrected chi connectivity index (χ4v) is 2.30. The average molecular weight is 306 g/mol. The lowest BCUT2D eigenvalue weighted by molar-refractivity contribution is 0.618. The third kappa shape index (κ3) is 2.26. The lowest BCUT2D eigenvalue weighted by Crippen LogP contribution is -2.00. The summed E-state index contributed by atoms with van der Waals surface area (Å²) in [5, 5.41) is 7.49. The van der Waals surface area contributed by atoms with Crippen molar-refractivity contribution in [3.63, 3.8) is 0 Å². The van der Waals surface area contributed by atoms with Crippen LogP contribution in [0, 0.1) is 10.6 Å². The highest BCUT2D eigenvalue weighted by Gasteiger charge is 2.13. The molecule has 0 aliphatic rings. The molecule has 0 unspecified atom stereocenters. The molecule has 0 saturated heterocycles. The Balaban J connectivity index is 2.23. The predicted molar refractivity (Wildman–Crippen MR) is 79.2 cm³/mol. The zero-order valence-electron chi connectivity index (χ0n) is 10.2. The summed E-state index contributed by atoms with van der Waals surface area (Å²) in [4.78, 5) is 0. The largest absolute Gasteiger partial charge is 0.265 e. The van der Waals surface area contributed by atoms with Crippen molar-refractivity contribution in [1.82, 2.24) is 14.8 Å². The van der Waals surface area contributed by atoms with Crippen LogP contribution in [0.25, 0.3) is 17.1 Å². The third-order valence-electron chi connectivity index (χ3n) is 2.87. The summed E-state index contributed by atoms with van der Waals surface area (Å²) >= 11 is 11.1. The topological polar surface area (TPSA) is 33.6 Å². The molecule has 0 amide bonds. The van der Waals surface area contributed by atoms with Crippen LogP contribution in [0.2, 0.25) is 5.02 Å². The van der Waals surface area contributed by atoms with Gasteiger partial charge in [0.25, 0.3) is 0 Å². The van der Waals surface area contributed by atoms with E-state index in [2.05, 4.69) is 10.2 Å². The van der Waals surface area contributed by atoms with Gasteiger partial charge >= 0.3 is 0 Å².